The molecule has 0 bridgehead atoms. The van der Waals surface area contributed by atoms with Crippen LogP contribution >= 0.6 is 11.6 Å². The molecule has 0 atom stereocenters. The van der Waals surface area contributed by atoms with Crippen molar-refractivity contribution in [2.24, 2.45) is 5.92 Å². The highest BCUT2D eigenvalue weighted by Crippen LogP contribution is 2.33. The molecule has 5 nitrogen and oxygen atoms in total. The van der Waals surface area contributed by atoms with Crippen LogP contribution in [-0.4, -0.2) is 30.6 Å². The summed E-state index contributed by atoms with van der Waals surface area (Å²) in [7, 11) is 0. The van der Waals surface area contributed by atoms with E-state index in [1.807, 2.05) is 0 Å². The van der Waals surface area contributed by atoms with Gasteiger partial charge in [0.05, 0.1) is 16.3 Å². The average molecular weight is 428 g/mol. The van der Waals surface area contributed by atoms with Gasteiger partial charge in [0, 0.05) is 19.8 Å². The number of halogens is 4. The molecule has 0 radical (unpaired) electrons. The van der Waals surface area contributed by atoms with Gasteiger partial charge in [0.15, 0.2) is 5.69 Å². The van der Waals surface area contributed by atoms with E-state index < -0.39 is 23.3 Å². The first-order valence-corrected chi connectivity index (χ1v) is 9.60. The molecule has 156 valence electrons. The number of hydrogen-bond donors (Lipinski definition) is 2. The number of alkyl halides is 3. The lowest BCUT2D eigenvalue weighted by atomic mass is 10.0. The van der Waals surface area contributed by atoms with Crippen LogP contribution in [0.25, 0.3) is 0 Å². The largest absolute Gasteiger partial charge is 0.434 e. The second kappa shape index (κ2) is 9.00. The Kier molecular flexibility index (Phi) is 6.64. The number of carbonyl (C=O) groups excluding carboxylic acids is 1. The molecule has 0 saturated carbocycles. The highest BCUT2D eigenvalue weighted by atomic mass is 35.5. The Balaban J connectivity index is 1.81. The predicted octanol–water partition coefficient (Wildman–Crippen LogP) is 4.96. The minimum atomic E-state index is -4.78. The average Bonchev–Trinajstić information content (AvgIpc) is 2.69. The molecule has 1 amide bonds. The number of para-hydroxylation sites is 1. The van der Waals surface area contributed by atoms with Crippen LogP contribution in [0.2, 0.25) is 5.02 Å². The molecule has 1 aliphatic heterocycles. The molecule has 0 spiro atoms. The first kappa shape index (κ1) is 21.4. The Hall–Kier alpha value is -2.32. The van der Waals surface area contributed by atoms with Crippen molar-refractivity contribution in [3.63, 3.8) is 0 Å². The molecule has 1 aromatic carbocycles. The third-order valence-electron chi connectivity index (χ3n) is 4.78. The van der Waals surface area contributed by atoms with Gasteiger partial charge in [-0.1, -0.05) is 23.7 Å². The van der Waals surface area contributed by atoms with Crippen molar-refractivity contribution in [2.75, 3.05) is 25.1 Å². The second-order valence-electron chi connectivity index (χ2n) is 6.91. The van der Waals surface area contributed by atoms with Gasteiger partial charge in [-0.2, -0.15) is 13.2 Å². The van der Waals surface area contributed by atoms with E-state index in [4.69, 9.17) is 16.3 Å². The number of amides is 1. The molecule has 2 N–H and O–H groups in total. The summed E-state index contributed by atoms with van der Waals surface area (Å²) in [4.78, 5) is 16.1. The van der Waals surface area contributed by atoms with Gasteiger partial charge in [-0.05, 0) is 49.4 Å². The number of hydrogen-bond acceptors (Lipinski definition) is 4. The van der Waals surface area contributed by atoms with Crippen LogP contribution < -0.4 is 10.6 Å². The molecule has 0 unspecified atom stereocenters. The van der Waals surface area contributed by atoms with Crippen molar-refractivity contribution < 1.29 is 22.7 Å². The standard InChI is InChI=1S/C20H21ClF3N3O2/c1-12-3-2-4-15(21)17(12)26-16-6-5-14(18(27-16)20(22,23)24)19(28)25-11-13-7-9-29-10-8-13/h2-6,13H,7-11H2,1H3,(H,25,28)(H,26,27). The maximum Gasteiger partial charge on any atom is 0.434 e. The number of rotatable bonds is 5. The van der Waals surface area contributed by atoms with E-state index in [9.17, 15) is 18.0 Å². The summed E-state index contributed by atoms with van der Waals surface area (Å²) in [6, 6.07) is 7.60. The first-order chi connectivity index (χ1) is 13.8. The fourth-order valence-electron chi connectivity index (χ4n) is 3.13. The van der Waals surface area contributed by atoms with Crippen molar-refractivity contribution in [1.82, 2.24) is 10.3 Å². The number of carbonyl (C=O) groups is 1. The number of nitrogens with zero attached hydrogens (tertiary/aromatic N) is 1. The van der Waals surface area contributed by atoms with Gasteiger partial charge in [-0.15, -0.1) is 0 Å². The third-order valence-corrected chi connectivity index (χ3v) is 5.09. The van der Waals surface area contributed by atoms with Gasteiger partial charge in [-0.25, -0.2) is 4.98 Å². The lowest BCUT2D eigenvalue weighted by Crippen LogP contribution is -2.33. The van der Waals surface area contributed by atoms with Crippen molar-refractivity contribution in [1.29, 1.82) is 0 Å². The first-order valence-electron chi connectivity index (χ1n) is 9.22. The zero-order valence-corrected chi connectivity index (χ0v) is 16.5. The van der Waals surface area contributed by atoms with E-state index in [2.05, 4.69) is 15.6 Å². The van der Waals surface area contributed by atoms with Crippen LogP contribution in [0.3, 0.4) is 0 Å². The van der Waals surface area contributed by atoms with Crippen LogP contribution in [0.1, 0.15) is 34.5 Å². The lowest BCUT2D eigenvalue weighted by molar-refractivity contribution is -0.141. The molecular formula is C20H21ClF3N3O2. The van der Waals surface area contributed by atoms with E-state index in [0.29, 0.717) is 30.5 Å². The number of nitrogens with one attached hydrogen (secondary N) is 2. The van der Waals surface area contributed by atoms with Crippen LogP contribution in [-0.2, 0) is 10.9 Å². The summed E-state index contributed by atoms with van der Waals surface area (Å²) in [6.07, 6.45) is -3.24. The Morgan fingerprint density at radius 2 is 1.97 bits per heavy atom. The second-order valence-corrected chi connectivity index (χ2v) is 7.32. The van der Waals surface area contributed by atoms with Crippen molar-refractivity contribution in [3.8, 4) is 0 Å². The van der Waals surface area contributed by atoms with Crippen molar-refractivity contribution >= 4 is 29.0 Å². The van der Waals surface area contributed by atoms with Crippen LogP contribution in [0.15, 0.2) is 30.3 Å². The highest BCUT2D eigenvalue weighted by molar-refractivity contribution is 6.33. The summed E-state index contributed by atoms with van der Waals surface area (Å²) in [5, 5.41) is 5.77. The predicted molar refractivity (Wildman–Crippen MR) is 105 cm³/mol. The maximum absolute atomic E-state index is 13.6. The number of aryl methyl sites for hydroxylation is 1. The molecule has 1 aromatic heterocycles. The van der Waals surface area contributed by atoms with Gasteiger partial charge in [-0.3, -0.25) is 4.79 Å². The molecule has 9 heteroatoms. The number of anilines is 2. The topological polar surface area (TPSA) is 63.2 Å². The fraction of sp³-hybridized carbons (Fsp3) is 0.400. The molecule has 29 heavy (non-hydrogen) atoms. The van der Waals surface area contributed by atoms with Gasteiger partial charge in [0.2, 0.25) is 0 Å². The molecular weight excluding hydrogens is 407 g/mol. The van der Waals surface area contributed by atoms with E-state index in [0.717, 1.165) is 24.5 Å². The van der Waals surface area contributed by atoms with Crippen LogP contribution in [0.5, 0.6) is 0 Å². The lowest BCUT2D eigenvalue weighted by Gasteiger charge is -2.22. The zero-order valence-electron chi connectivity index (χ0n) is 15.8. The Morgan fingerprint density at radius 1 is 1.24 bits per heavy atom. The summed E-state index contributed by atoms with van der Waals surface area (Å²) in [5.41, 5.74) is -0.527. The Labute approximate surface area is 171 Å². The molecule has 1 saturated heterocycles. The summed E-state index contributed by atoms with van der Waals surface area (Å²) < 4.78 is 46.0. The number of pyridine rings is 1. The molecule has 3 rings (SSSR count). The van der Waals surface area contributed by atoms with Crippen LogP contribution in [0, 0.1) is 12.8 Å². The van der Waals surface area contributed by atoms with E-state index in [1.165, 1.54) is 6.07 Å². The fourth-order valence-corrected chi connectivity index (χ4v) is 3.40. The number of ether oxygens (including phenoxy) is 1. The van der Waals surface area contributed by atoms with Gasteiger partial charge >= 0.3 is 6.18 Å². The van der Waals surface area contributed by atoms with Gasteiger partial charge in [0.1, 0.15) is 5.82 Å². The van der Waals surface area contributed by atoms with Crippen molar-refractivity contribution in [3.05, 3.63) is 52.2 Å². The number of benzene rings is 1. The molecule has 1 fully saturated rings. The van der Waals surface area contributed by atoms with E-state index in [-0.39, 0.29) is 11.7 Å². The summed E-state index contributed by atoms with van der Waals surface area (Å²) >= 11 is 6.12. The highest BCUT2D eigenvalue weighted by Gasteiger charge is 2.37. The molecule has 0 aliphatic carbocycles. The maximum atomic E-state index is 13.6. The summed E-state index contributed by atoms with van der Waals surface area (Å²) in [6.45, 7) is 3.27. The molecule has 2 heterocycles. The SMILES string of the molecule is Cc1cccc(Cl)c1Nc1ccc(C(=O)NCC2CCOCC2)c(C(F)(F)F)n1. The number of aromatic nitrogens is 1. The minimum absolute atomic E-state index is 0.0468. The molecule has 2 aromatic rings. The monoisotopic (exact) mass is 427 g/mol. The third kappa shape index (κ3) is 5.39. The Morgan fingerprint density at radius 3 is 2.62 bits per heavy atom. The summed E-state index contributed by atoms with van der Waals surface area (Å²) in [5.74, 6) is -0.648. The van der Waals surface area contributed by atoms with Gasteiger partial charge < -0.3 is 15.4 Å². The van der Waals surface area contributed by atoms with Gasteiger partial charge in [0.25, 0.3) is 5.91 Å². The normalized spacial score (nSPS) is 15.2. The zero-order chi connectivity index (χ0) is 21.0. The smallest absolute Gasteiger partial charge is 0.381 e. The molecule has 1 aliphatic rings. The Bertz CT molecular complexity index is 864. The van der Waals surface area contributed by atoms with Crippen molar-refractivity contribution in [2.45, 2.75) is 25.9 Å². The van der Waals surface area contributed by atoms with E-state index in [1.54, 1.807) is 25.1 Å². The van der Waals surface area contributed by atoms with Crippen LogP contribution in [0.4, 0.5) is 24.7 Å². The minimum Gasteiger partial charge on any atom is -0.381 e. The van der Waals surface area contributed by atoms with E-state index >= 15 is 0 Å². The quantitative estimate of drug-likeness (QED) is 0.707.